The minimum Gasteiger partial charge on any atom is -0.493 e. The third kappa shape index (κ3) is 3.38. The molecule has 2 aromatic rings. The molecule has 0 bridgehead atoms. The maximum absolute atomic E-state index is 12.6. The summed E-state index contributed by atoms with van der Waals surface area (Å²) in [5.74, 6) is 1.41. The van der Waals surface area contributed by atoms with Crippen LogP contribution < -0.4 is 19.7 Å². The van der Waals surface area contributed by atoms with E-state index in [2.05, 4.69) is 67.9 Å². The van der Waals surface area contributed by atoms with E-state index in [-0.39, 0.29) is 11.3 Å². The van der Waals surface area contributed by atoms with Crippen molar-refractivity contribution in [2.45, 2.75) is 38.3 Å². The van der Waals surface area contributed by atoms with Crippen LogP contribution in [-0.2, 0) is 10.2 Å². The number of rotatable bonds is 6. The molecule has 1 unspecified atom stereocenters. The predicted octanol–water partition coefficient (Wildman–Crippen LogP) is 4.60. The van der Waals surface area contributed by atoms with Crippen LogP contribution >= 0.6 is 0 Å². The summed E-state index contributed by atoms with van der Waals surface area (Å²) < 4.78 is 11.2. The maximum Gasteiger partial charge on any atom is 0.223 e. The van der Waals surface area contributed by atoms with Crippen LogP contribution in [0.2, 0.25) is 0 Å². The van der Waals surface area contributed by atoms with Gasteiger partial charge in [-0.15, -0.1) is 0 Å². The summed E-state index contributed by atoms with van der Waals surface area (Å²) in [6.07, 6.45) is 6.37. The highest BCUT2D eigenvalue weighted by molar-refractivity contribution is 5.84. The van der Waals surface area contributed by atoms with E-state index in [9.17, 15) is 4.79 Å². The smallest absolute Gasteiger partial charge is 0.223 e. The summed E-state index contributed by atoms with van der Waals surface area (Å²) in [4.78, 5) is 14.9. The fourth-order valence-corrected chi connectivity index (χ4v) is 4.74. The molecule has 4 rings (SSSR count). The number of hydrogen-bond donors (Lipinski definition) is 1. The Morgan fingerprint density at radius 2 is 2.00 bits per heavy atom. The average molecular weight is 419 g/mol. The number of nitrogens with zero attached hydrogens (tertiary/aromatic N) is 1. The van der Waals surface area contributed by atoms with Crippen molar-refractivity contribution in [1.29, 1.82) is 0 Å². The van der Waals surface area contributed by atoms with Gasteiger partial charge < -0.3 is 19.7 Å². The number of carbonyl (C=O) groups excluding carboxylic acids is 1. The third-order valence-corrected chi connectivity index (χ3v) is 6.45. The molecule has 2 aliphatic heterocycles. The average Bonchev–Trinajstić information content (AvgIpc) is 2.94. The Morgan fingerprint density at radius 1 is 1.19 bits per heavy atom. The number of carbonyl (C=O) groups is 1. The summed E-state index contributed by atoms with van der Waals surface area (Å²) in [6.45, 7) is 11.3. The normalized spacial score (nSPS) is 21.4. The number of aryl methyl sites for hydroxylation is 1. The van der Waals surface area contributed by atoms with Gasteiger partial charge in [0, 0.05) is 24.1 Å². The molecule has 1 N–H and O–H groups in total. The van der Waals surface area contributed by atoms with Crippen LogP contribution in [0.4, 0.5) is 5.69 Å². The molecule has 2 aliphatic rings. The van der Waals surface area contributed by atoms with Crippen molar-refractivity contribution in [3.05, 3.63) is 71.8 Å². The van der Waals surface area contributed by atoms with E-state index in [0.717, 1.165) is 5.56 Å². The molecular weight excluding hydrogens is 388 g/mol. The first-order chi connectivity index (χ1) is 14.8. The van der Waals surface area contributed by atoms with Crippen molar-refractivity contribution in [1.82, 2.24) is 5.32 Å². The second-order valence-electron chi connectivity index (χ2n) is 8.71. The van der Waals surface area contributed by atoms with Crippen LogP contribution in [-0.4, -0.2) is 31.8 Å². The van der Waals surface area contributed by atoms with Crippen LogP contribution in [0.15, 0.2) is 55.1 Å². The first-order valence-electron chi connectivity index (χ1n) is 10.6. The second-order valence-corrected chi connectivity index (χ2v) is 8.71. The topological polar surface area (TPSA) is 50.8 Å². The first-order valence-corrected chi connectivity index (χ1v) is 10.6. The first kappa shape index (κ1) is 21.0. The van der Waals surface area contributed by atoms with Gasteiger partial charge in [0.2, 0.25) is 5.91 Å². The summed E-state index contributed by atoms with van der Waals surface area (Å²) >= 11 is 0. The Bertz CT molecular complexity index is 1060. The van der Waals surface area contributed by atoms with Crippen molar-refractivity contribution in [2.24, 2.45) is 0 Å². The predicted molar refractivity (Wildman–Crippen MR) is 125 cm³/mol. The lowest BCUT2D eigenvalue weighted by Gasteiger charge is -2.49. The number of nitrogens with one attached hydrogen (secondary N) is 1. The van der Waals surface area contributed by atoms with E-state index in [1.54, 1.807) is 13.2 Å². The third-order valence-electron chi connectivity index (χ3n) is 6.45. The highest BCUT2D eigenvalue weighted by atomic mass is 16.5. The molecule has 5 heteroatoms. The van der Waals surface area contributed by atoms with Crippen LogP contribution in [0.25, 0.3) is 6.08 Å². The lowest BCUT2D eigenvalue weighted by atomic mass is 9.74. The van der Waals surface area contributed by atoms with Gasteiger partial charge in [-0.25, -0.2) is 0 Å². The van der Waals surface area contributed by atoms with E-state index in [1.165, 1.54) is 16.8 Å². The largest absolute Gasteiger partial charge is 0.493 e. The van der Waals surface area contributed by atoms with E-state index >= 15 is 0 Å². The van der Waals surface area contributed by atoms with Gasteiger partial charge in [0.05, 0.1) is 7.11 Å². The summed E-state index contributed by atoms with van der Waals surface area (Å²) in [7, 11) is 1.63. The van der Waals surface area contributed by atoms with Gasteiger partial charge in [-0.2, -0.15) is 0 Å². The van der Waals surface area contributed by atoms with Crippen molar-refractivity contribution < 1.29 is 14.3 Å². The molecule has 0 saturated carbocycles. The Hall–Kier alpha value is -3.21. The number of fused-ring (bicyclic) bond motifs is 3. The molecule has 31 heavy (non-hydrogen) atoms. The summed E-state index contributed by atoms with van der Waals surface area (Å²) in [5.41, 5.74) is 3.69. The molecular formula is C26H30N2O3. The van der Waals surface area contributed by atoms with Gasteiger partial charge in [-0.1, -0.05) is 56.3 Å². The quantitative estimate of drug-likeness (QED) is 0.697. The molecule has 2 heterocycles. The molecule has 162 valence electrons. The molecule has 1 fully saturated rings. The molecule has 5 nitrogen and oxygen atoms in total. The highest BCUT2D eigenvalue weighted by Gasteiger charge is 2.57. The van der Waals surface area contributed by atoms with Gasteiger partial charge in [-0.05, 0) is 42.3 Å². The van der Waals surface area contributed by atoms with Gasteiger partial charge in [0.25, 0.3) is 0 Å². The zero-order chi connectivity index (χ0) is 22.2. The molecule has 1 amide bonds. The van der Waals surface area contributed by atoms with Crippen LogP contribution in [0.3, 0.4) is 0 Å². The Balaban J connectivity index is 1.75. The standard InChI is InChI=1S/C26H30N2O3/c1-6-15-31-22-10-8-19(17-23(22)30-5)11-13-26-25(3,4)20-16-18(2)7-9-21(20)28(26)14-12-24(29)27-26/h6-11,13,16-17H,1,12,14-15H2,2-5H3,(H,27,29)/b13-11+. The van der Waals surface area contributed by atoms with Crippen molar-refractivity contribution in [3.8, 4) is 11.5 Å². The van der Waals surface area contributed by atoms with Crippen molar-refractivity contribution in [2.75, 3.05) is 25.2 Å². The molecule has 0 radical (unpaired) electrons. The van der Waals surface area contributed by atoms with Gasteiger partial charge in [0.15, 0.2) is 11.5 Å². The summed E-state index contributed by atoms with van der Waals surface area (Å²) in [5, 5.41) is 3.32. The van der Waals surface area contributed by atoms with Gasteiger partial charge in [-0.3, -0.25) is 4.79 Å². The molecule has 0 spiro atoms. The Labute approximate surface area is 184 Å². The zero-order valence-corrected chi connectivity index (χ0v) is 18.7. The second kappa shape index (κ2) is 7.80. The highest BCUT2D eigenvalue weighted by Crippen LogP contribution is 2.52. The lowest BCUT2D eigenvalue weighted by molar-refractivity contribution is -0.124. The number of ether oxygens (including phenoxy) is 2. The Morgan fingerprint density at radius 3 is 2.74 bits per heavy atom. The molecule has 0 aromatic heterocycles. The van der Waals surface area contributed by atoms with E-state index < -0.39 is 5.66 Å². The fraction of sp³-hybridized carbons (Fsp3) is 0.346. The lowest BCUT2D eigenvalue weighted by Crippen LogP contribution is -2.68. The Kier molecular flexibility index (Phi) is 5.29. The maximum atomic E-state index is 12.6. The SMILES string of the molecule is C=CCOc1ccc(/C=C/C23NC(=O)CCN2c2ccc(C)cc2C3(C)C)cc1OC. The number of amides is 1. The van der Waals surface area contributed by atoms with Crippen LogP contribution in [0.5, 0.6) is 11.5 Å². The molecule has 1 atom stereocenters. The van der Waals surface area contributed by atoms with Crippen molar-refractivity contribution in [3.63, 3.8) is 0 Å². The minimum absolute atomic E-state index is 0.0734. The fourth-order valence-electron chi connectivity index (χ4n) is 4.74. The number of benzene rings is 2. The van der Waals surface area contributed by atoms with E-state index in [4.69, 9.17) is 9.47 Å². The van der Waals surface area contributed by atoms with E-state index in [1.807, 2.05) is 18.2 Å². The number of anilines is 1. The summed E-state index contributed by atoms with van der Waals surface area (Å²) in [6, 6.07) is 12.4. The van der Waals surface area contributed by atoms with Gasteiger partial charge in [0.1, 0.15) is 12.3 Å². The van der Waals surface area contributed by atoms with Crippen molar-refractivity contribution >= 4 is 17.7 Å². The van der Waals surface area contributed by atoms with Crippen LogP contribution in [0, 0.1) is 6.92 Å². The van der Waals surface area contributed by atoms with E-state index in [0.29, 0.717) is 31.1 Å². The molecule has 1 saturated heterocycles. The van der Waals surface area contributed by atoms with Gasteiger partial charge >= 0.3 is 0 Å². The van der Waals surface area contributed by atoms with Crippen LogP contribution in [0.1, 0.15) is 37.0 Å². The number of hydrogen-bond acceptors (Lipinski definition) is 4. The molecule has 0 aliphatic carbocycles. The number of methoxy groups -OCH3 is 1. The minimum atomic E-state index is -0.635. The monoisotopic (exact) mass is 418 g/mol. The molecule has 2 aromatic carbocycles. The zero-order valence-electron chi connectivity index (χ0n) is 18.7.